The van der Waals surface area contributed by atoms with E-state index in [9.17, 15) is 9.90 Å². The van der Waals surface area contributed by atoms with Crippen molar-refractivity contribution in [2.75, 3.05) is 26.7 Å². The van der Waals surface area contributed by atoms with Crippen molar-refractivity contribution in [3.8, 4) is 0 Å². The van der Waals surface area contributed by atoms with Crippen molar-refractivity contribution in [2.45, 2.75) is 19.3 Å². The Morgan fingerprint density at radius 3 is 2.36 bits per heavy atom. The molecule has 1 unspecified atom stereocenters. The summed E-state index contributed by atoms with van der Waals surface area (Å²) in [6, 6.07) is 0. The Labute approximate surface area is 83.5 Å². The van der Waals surface area contributed by atoms with Crippen LogP contribution in [0.5, 0.6) is 0 Å². The standard InChI is InChI=1S/C10H17NO3/c1-11-4-2-9(3-5-11)6-10(9,7-12)8(13)14/h12H,2-7H2,1H3,(H,13,14). The van der Waals surface area contributed by atoms with E-state index in [0.717, 1.165) is 25.9 Å². The molecule has 1 heterocycles. The molecule has 0 radical (unpaired) electrons. The van der Waals surface area contributed by atoms with Crippen molar-refractivity contribution >= 4 is 5.97 Å². The van der Waals surface area contributed by atoms with Crippen LogP contribution in [0.25, 0.3) is 0 Å². The summed E-state index contributed by atoms with van der Waals surface area (Å²) in [5, 5.41) is 18.3. The monoisotopic (exact) mass is 199 g/mol. The molecule has 2 fully saturated rings. The summed E-state index contributed by atoms with van der Waals surface area (Å²) in [5.41, 5.74) is -0.908. The fraction of sp³-hybridized carbons (Fsp3) is 0.900. The lowest BCUT2D eigenvalue weighted by Crippen LogP contribution is -2.37. The quantitative estimate of drug-likeness (QED) is 0.665. The van der Waals surface area contributed by atoms with E-state index in [2.05, 4.69) is 11.9 Å². The third kappa shape index (κ3) is 1.10. The molecule has 1 spiro atoms. The van der Waals surface area contributed by atoms with Crippen LogP contribution in [0.4, 0.5) is 0 Å². The van der Waals surface area contributed by atoms with Gasteiger partial charge in [-0.2, -0.15) is 0 Å². The van der Waals surface area contributed by atoms with Gasteiger partial charge >= 0.3 is 5.97 Å². The highest BCUT2D eigenvalue weighted by molar-refractivity contribution is 5.80. The topological polar surface area (TPSA) is 60.8 Å². The molecule has 2 rings (SSSR count). The lowest BCUT2D eigenvalue weighted by Gasteiger charge is -2.31. The zero-order valence-corrected chi connectivity index (χ0v) is 8.49. The highest BCUT2D eigenvalue weighted by Gasteiger charge is 2.71. The van der Waals surface area contributed by atoms with Gasteiger partial charge in [-0.05, 0) is 44.8 Å². The number of hydrogen-bond donors (Lipinski definition) is 2. The van der Waals surface area contributed by atoms with Crippen LogP contribution in [-0.4, -0.2) is 47.8 Å². The van der Waals surface area contributed by atoms with E-state index in [1.54, 1.807) is 0 Å². The largest absolute Gasteiger partial charge is 0.481 e. The van der Waals surface area contributed by atoms with Gasteiger partial charge in [-0.25, -0.2) is 0 Å². The Morgan fingerprint density at radius 2 is 2.00 bits per heavy atom. The van der Waals surface area contributed by atoms with Crippen molar-refractivity contribution in [1.29, 1.82) is 0 Å². The number of aliphatic hydroxyl groups is 1. The smallest absolute Gasteiger partial charge is 0.312 e. The summed E-state index contributed by atoms with van der Waals surface area (Å²) in [6.07, 6.45) is 2.49. The fourth-order valence-corrected chi connectivity index (χ4v) is 2.83. The molecule has 1 saturated heterocycles. The molecule has 1 saturated carbocycles. The van der Waals surface area contributed by atoms with Crippen molar-refractivity contribution in [3.05, 3.63) is 0 Å². The minimum Gasteiger partial charge on any atom is -0.481 e. The number of rotatable bonds is 2. The number of hydrogen-bond acceptors (Lipinski definition) is 3. The molecular weight excluding hydrogens is 182 g/mol. The van der Waals surface area contributed by atoms with E-state index < -0.39 is 11.4 Å². The van der Waals surface area contributed by atoms with Gasteiger partial charge < -0.3 is 15.1 Å². The van der Waals surface area contributed by atoms with E-state index >= 15 is 0 Å². The number of aliphatic hydroxyl groups excluding tert-OH is 1. The van der Waals surface area contributed by atoms with Crippen LogP contribution in [0.15, 0.2) is 0 Å². The summed E-state index contributed by atoms with van der Waals surface area (Å²) in [4.78, 5) is 13.3. The molecule has 0 aromatic carbocycles. The minimum atomic E-state index is -0.815. The predicted molar refractivity (Wildman–Crippen MR) is 50.9 cm³/mol. The lowest BCUT2D eigenvalue weighted by atomic mass is 9.84. The van der Waals surface area contributed by atoms with Crippen LogP contribution >= 0.6 is 0 Å². The summed E-state index contributed by atoms with van der Waals surface area (Å²) in [5.74, 6) is -0.815. The Balaban J connectivity index is 2.11. The van der Waals surface area contributed by atoms with Crippen LogP contribution in [0, 0.1) is 10.8 Å². The fourth-order valence-electron chi connectivity index (χ4n) is 2.83. The maximum Gasteiger partial charge on any atom is 0.312 e. The average molecular weight is 199 g/mol. The second-order valence-corrected chi connectivity index (χ2v) is 4.81. The molecule has 1 aliphatic carbocycles. The van der Waals surface area contributed by atoms with Crippen LogP contribution in [0.3, 0.4) is 0 Å². The molecule has 4 heteroatoms. The number of carbonyl (C=O) groups is 1. The number of likely N-dealkylation sites (tertiary alicyclic amines) is 1. The highest BCUT2D eigenvalue weighted by Crippen LogP contribution is 2.68. The third-order valence-corrected chi connectivity index (χ3v) is 4.15. The summed E-state index contributed by atoms with van der Waals surface area (Å²) < 4.78 is 0. The number of nitrogens with zero attached hydrogens (tertiary/aromatic N) is 1. The number of carboxylic acid groups (broad SMARTS) is 1. The third-order valence-electron chi connectivity index (χ3n) is 4.15. The van der Waals surface area contributed by atoms with Crippen molar-refractivity contribution in [2.24, 2.45) is 10.8 Å². The highest BCUT2D eigenvalue weighted by atomic mass is 16.4. The molecule has 1 aliphatic heterocycles. The predicted octanol–water partition coefficient (Wildman–Crippen LogP) is 0.165. The van der Waals surface area contributed by atoms with Gasteiger partial charge in [0.05, 0.1) is 12.0 Å². The Kier molecular flexibility index (Phi) is 2.08. The second kappa shape index (κ2) is 2.94. The van der Waals surface area contributed by atoms with Crippen LogP contribution in [0.1, 0.15) is 19.3 Å². The molecule has 0 aromatic rings. The maximum atomic E-state index is 11.1. The summed E-state index contributed by atoms with van der Waals surface area (Å²) in [7, 11) is 2.05. The van der Waals surface area contributed by atoms with Gasteiger partial charge in [0.25, 0.3) is 0 Å². The zero-order valence-electron chi connectivity index (χ0n) is 8.49. The number of aliphatic carboxylic acids is 1. The minimum absolute atomic E-state index is 0.0971. The molecule has 0 bridgehead atoms. The summed E-state index contributed by atoms with van der Waals surface area (Å²) in [6.45, 7) is 1.70. The first-order valence-electron chi connectivity index (χ1n) is 5.09. The summed E-state index contributed by atoms with van der Waals surface area (Å²) >= 11 is 0. The molecule has 4 nitrogen and oxygen atoms in total. The van der Waals surface area contributed by atoms with Gasteiger partial charge in [0.1, 0.15) is 0 Å². The Morgan fingerprint density at radius 1 is 1.43 bits per heavy atom. The average Bonchev–Trinajstić information content (AvgIpc) is 2.81. The molecule has 0 aromatic heterocycles. The van der Waals surface area contributed by atoms with Crippen LogP contribution < -0.4 is 0 Å². The number of piperidine rings is 1. The van der Waals surface area contributed by atoms with E-state index in [0.29, 0.717) is 6.42 Å². The first-order chi connectivity index (χ1) is 6.56. The first-order valence-corrected chi connectivity index (χ1v) is 5.09. The SMILES string of the molecule is CN1CCC2(CC1)CC2(CO)C(=O)O. The molecule has 0 amide bonds. The van der Waals surface area contributed by atoms with Crippen molar-refractivity contribution in [3.63, 3.8) is 0 Å². The van der Waals surface area contributed by atoms with E-state index in [1.165, 1.54) is 0 Å². The first kappa shape index (κ1) is 9.93. The molecular formula is C10H17NO3. The van der Waals surface area contributed by atoms with Crippen molar-refractivity contribution < 1.29 is 15.0 Å². The second-order valence-electron chi connectivity index (χ2n) is 4.81. The van der Waals surface area contributed by atoms with Gasteiger partial charge in [0.2, 0.25) is 0 Å². The molecule has 1 atom stereocenters. The van der Waals surface area contributed by atoms with E-state index in [1.807, 2.05) is 0 Å². The Hall–Kier alpha value is -0.610. The molecule has 14 heavy (non-hydrogen) atoms. The molecule has 2 N–H and O–H groups in total. The number of carboxylic acids is 1. The zero-order chi connectivity index (χ0) is 10.4. The lowest BCUT2D eigenvalue weighted by molar-refractivity contribution is -0.147. The van der Waals surface area contributed by atoms with Gasteiger partial charge in [0, 0.05) is 0 Å². The normalized spacial score (nSPS) is 35.9. The van der Waals surface area contributed by atoms with E-state index in [-0.39, 0.29) is 12.0 Å². The maximum absolute atomic E-state index is 11.1. The molecule has 2 aliphatic rings. The van der Waals surface area contributed by atoms with Crippen molar-refractivity contribution in [1.82, 2.24) is 4.90 Å². The van der Waals surface area contributed by atoms with Crippen LogP contribution in [-0.2, 0) is 4.79 Å². The molecule has 80 valence electrons. The van der Waals surface area contributed by atoms with E-state index in [4.69, 9.17) is 5.11 Å². The van der Waals surface area contributed by atoms with Gasteiger partial charge in [-0.1, -0.05) is 0 Å². The Bertz CT molecular complexity index is 258. The van der Waals surface area contributed by atoms with Gasteiger partial charge in [-0.15, -0.1) is 0 Å². The van der Waals surface area contributed by atoms with Gasteiger partial charge in [0.15, 0.2) is 0 Å². The van der Waals surface area contributed by atoms with Gasteiger partial charge in [-0.3, -0.25) is 4.79 Å². The van der Waals surface area contributed by atoms with Crippen LogP contribution in [0.2, 0.25) is 0 Å².